The predicted octanol–water partition coefficient (Wildman–Crippen LogP) is 2.17. The Morgan fingerprint density at radius 3 is 2.53 bits per heavy atom. The summed E-state index contributed by atoms with van der Waals surface area (Å²) in [5.41, 5.74) is 1.85. The fourth-order valence-corrected chi connectivity index (χ4v) is 2.96. The molecule has 1 unspecified atom stereocenters. The van der Waals surface area contributed by atoms with E-state index in [1.807, 2.05) is 32.9 Å². The Bertz CT molecular complexity index is 440. The molecule has 1 heterocycles. The number of sulfonamides is 1. The van der Waals surface area contributed by atoms with E-state index in [-0.39, 0.29) is 11.8 Å². The standard InChI is InChI=1S/C12H20N2O2S/c1-4-8-17(15,16)14-11(5-2)12-7-6-10(3)9-13-12/h6-7,9,11,14H,4-5,8H2,1-3H3. The van der Waals surface area contributed by atoms with Gasteiger partial charge in [-0.3, -0.25) is 4.98 Å². The monoisotopic (exact) mass is 256 g/mol. The van der Waals surface area contributed by atoms with Crippen LogP contribution in [0.5, 0.6) is 0 Å². The molecule has 0 bridgehead atoms. The third-order valence-corrected chi connectivity index (χ3v) is 4.08. The van der Waals surface area contributed by atoms with Crippen molar-refractivity contribution in [3.05, 3.63) is 29.6 Å². The highest BCUT2D eigenvalue weighted by atomic mass is 32.2. The summed E-state index contributed by atoms with van der Waals surface area (Å²) in [5, 5.41) is 0. The van der Waals surface area contributed by atoms with Crippen molar-refractivity contribution in [3.8, 4) is 0 Å². The summed E-state index contributed by atoms with van der Waals surface area (Å²) in [6, 6.07) is 3.59. The molecule has 0 saturated carbocycles. The minimum Gasteiger partial charge on any atom is -0.259 e. The van der Waals surface area contributed by atoms with E-state index < -0.39 is 10.0 Å². The quantitative estimate of drug-likeness (QED) is 0.848. The van der Waals surface area contributed by atoms with Crippen LogP contribution in [0.15, 0.2) is 18.3 Å². The molecule has 1 N–H and O–H groups in total. The molecule has 0 fully saturated rings. The number of aromatic nitrogens is 1. The third kappa shape index (κ3) is 4.44. The van der Waals surface area contributed by atoms with Crippen molar-refractivity contribution in [1.29, 1.82) is 0 Å². The average Bonchev–Trinajstić information content (AvgIpc) is 2.27. The molecular formula is C12H20N2O2S. The van der Waals surface area contributed by atoms with Crippen LogP contribution in [0.4, 0.5) is 0 Å². The van der Waals surface area contributed by atoms with Crippen LogP contribution < -0.4 is 4.72 Å². The maximum atomic E-state index is 11.7. The Morgan fingerprint density at radius 2 is 2.06 bits per heavy atom. The number of nitrogens with zero attached hydrogens (tertiary/aromatic N) is 1. The first-order chi connectivity index (χ1) is 7.98. The van der Waals surface area contributed by atoms with Gasteiger partial charge in [-0.1, -0.05) is 19.9 Å². The van der Waals surface area contributed by atoms with Crippen LogP contribution in [-0.2, 0) is 10.0 Å². The smallest absolute Gasteiger partial charge is 0.212 e. The molecule has 1 rings (SSSR count). The Kier molecular flexibility index (Phi) is 5.08. The van der Waals surface area contributed by atoms with Crippen LogP contribution >= 0.6 is 0 Å². The second-order valence-corrected chi connectivity index (χ2v) is 6.03. The zero-order chi connectivity index (χ0) is 12.9. The van der Waals surface area contributed by atoms with Gasteiger partial charge in [0.05, 0.1) is 17.5 Å². The molecule has 0 aromatic carbocycles. The fraction of sp³-hybridized carbons (Fsp3) is 0.583. The molecule has 1 aromatic heterocycles. The molecule has 0 radical (unpaired) electrons. The van der Waals surface area contributed by atoms with E-state index in [2.05, 4.69) is 9.71 Å². The number of pyridine rings is 1. The Balaban J connectivity index is 2.82. The van der Waals surface area contributed by atoms with Gasteiger partial charge in [0.15, 0.2) is 0 Å². The maximum absolute atomic E-state index is 11.7. The number of rotatable bonds is 6. The number of hydrogen-bond acceptors (Lipinski definition) is 3. The summed E-state index contributed by atoms with van der Waals surface area (Å²) in [6.07, 6.45) is 3.07. The van der Waals surface area contributed by atoms with Gasteiger partial charge in [0, 0.05) is 6.20 Å². The second kappa shape index (κ2) is 6.12. The molecule has 0 saturated heterocycles. The van der Waals surface area contributed by atoms with Crippen molar-refractivity contribution in [3.63, 3.8) is 0 Å². The van der Waals surface area contributed by atoms with Crippen molar-refractivity contribution in [2.24, 2.45) is 0 Å². The highest BCUT2D eigenvalue weighted by Gasteiger charge is 2.17. The van der Waals surface area contributed by atoms with E-state index in [0.29, 0.717) is 12.8 Å². The summed E-state index contributed by atoms with van der Waals surface area (Å²) >= 11 is 0. The molecular weight excluding hydrogens is 236 g/mol. The molecule has 1 aromatic rings. The van der Waals surface area contributed by atoms with E-state index in [0.717, 1.165) is 11.3 Å². The van der Waals surface area contributed by atoms with Crippen molar-refractivity contribution in [2.45, 2.75) is 39.7 Å². The zero-order valence-electron chi connectivity index (χ0n) is 10.6. The first-order valence-corrected chi connectivity index (χ1v) is 7.56. The van der Waals surface area contributed by atoms with Gasteiger partial charge in [-0.15, -0.1) is 0 Å². The molecule has 0 aliphatic carbocycles. The highest BCUT2D eigenvalue weighted by molar-refractivity contribution is 7.89. The molecule has 0 aliphatic heterocycles. The Morgan fingerprint density at radius 1 is 1.35 bits per heavy atom. The van der Waals surface area contributed by atoms with Gasteiger partial charge in [-0.25, -0.2) is 13.1 Å². The molecule has 1 atom stereocenters. The van der Waals surface area contributed by atoms with Gasteiger partial charge in [-0.2, -0.15) is 0 Å². The van der Waals surface area contributed by atoms with Gasteiger partial charge in [0.25, 0.3) is 0 Å². The average molecular weight is 256 g/mol. The van der Waals surface area contributed by atoms with Gasteiger partial charge >= 0.3 is 0 Å². The Hall–Kier alpha value is -0.940. The highest BCUT2D eigenvalue weighted by Crippen LogP contribution is 2.15. The molecule has 0 spiro atoms. The van der Waals surface area contributed by atoms with Crippen LogP contribution in [0.1, 0.15) is 44.0 Å². The molecule has 0 aliphatic rings. The van der Waals surface area contributed by atoms with E-state index >= 15 is 0 Å². The first kappa shape index (κ1) is 14.1. The largest absolute Gasteiger partial charge is 0.259 e. The van der Waals surface area contributed by atoms with E-state index in [9.17, 15) is 8.42 Å². The van der Waals surface area contributed by atoms with Crippen LogP contribution in [0, 0.1) is 6.92 Å². The van der Waals surface area contributed by atoms with E-state index in [4.69, 9.17) is 0 Å². The molecule has 4 nitrogen and oxygen atoms in total. The van der Waals surface area contributed by atoms with Crippen LogP contribution in [0.3, 0.4) is 0 Å². The zero-order valence-corrected chi connectivity index (χ0v) is 11.4. The minimum atomic E-state index is -3.19. The summed E-state index contributed by atoms with van der Waals surface area (Å²) in [6.45, 7) is 5.75. The lowest BCUT2D eigenvalue weighted by molar-refractivity contribution is 0.543. The van der Waals surface area contributed by atoms with Gasteiger partial charge in [0.2, 0.25) is 10.0 Å². The van der Waals surface area contributed by atoms with Gasteiger partial charge < -0.3 is 0 Å². The second-order valence-electron chi connectivity index (χ2n) is 4.16. The minimum absolute atomic E-state index is 0.162. The van der Waals surface area contributed by atoms with Crippen LogP contribution in [0.2, 0.25) is 0 Å². The van der Waals surface area contributed by atoms with Crippen LogP contribution in [0.25, 0.3) is 0 Å². The number of nitrogens with one attached hydrogen (secondary N) is 1. The maximum Gasteiger partial charge on any atom is 0.212 e. The molecule has 0 amide bonds. The van der Waals surface area contributed by atoms with Crippen molar-refractivity contribution < 1.29 is 8.42 Å². The lowest BCUT2D eigenvalue weighted by atomic mass is 10.1. The lowest BCUT2D eigenvalue weighted by Gasteiger charge is -2.16. The summed E-state index contributed by atoms with van der Waals surface area (Å²) < 4.78 is 26.1. The van der Waals surface area contributed by atoms with Crippen molar-refractivity contribution in [1.82, 2.24) is 9.71 Å². The lowest BCUT2D eigenvalue weighted by Crippen LogP contribution is -2.30. The topological polar surface area (TPSA) is 59.1 Å². The number of hydrogen-bond donors (Lipinski definition) is 1. The first-order valence-electron chi connectivity index (χ1n) is 5.91. The normalized spacial score (nSPS) is 13.6. The SMILES string of the molecule is CCCS(=O)(=O)NC(CC)c1ccc(C)cn1. The number of aryl methyl sites for hydroxylation is 1. The molecule has 5 heteroatoms. The van der Waals surface area contributed by atoms with Gasteiger partial charge in [0.1, 0.15) is 0 Å². The predicted molar refractivity (Wildman–Crippen MR) is 69.2 cm³/mol. The van der Waals surface area contributed by atoms with Crippen molar-refractivity contribution >= 4 is 10.0 Å². The summed E-state index contributed by atoms with van der Waals surface area (Å²) in [7, 11) is -3.19. The van der Waals surface area contributed by atoms with Crippen LogP contribution in [-0.4, -0.2) is 19.2 Å². The van der Waals surface area contributed by atoms with Gasteiger partial charge in [-0.05, 0) is 31.4 Å². The third-order valence-electron chi connectivity index (χ3n) is 2.49. The molecule has 96 valence electrons. The molecule has 17 heavy (non-hydrogen) atoms. The summed E-state index contributed by atoms with van der Waals surface area (Å²) in [4.78, 5) is 4.27. The van der Waals surface area contributed by atoms with E-state index in [1.54, 1.807) is 6.20 Å². The summed E-state index contributed by atoms with van der Waals surface area (Å²) in [5.74, 6) is 0.162. The van der Waals surface area contributed by atoms with Crippen molar-refractivity contribution in [2.75, 3.05) is 5.75 Å². The Labute approximate surface area is 104 Å². The fourth-order valence-electron chi connectivity index (χ4n) is 1.58. The van der Waals surface area contributed by atoms with E-state index in [1.165, 1.54) is 0 Å².